The molecule has 0 radical (unpaired) electrons. The van der Waals surface area contributed by atoms with E-state index in [0.717, 1.165) is 11.3 Å². The molecule has 27 heavy (non-hydrogen) atoms. The van der Waals surface area contributed by atoms with Crippen molar-refractivity contribution in [3.63, 3.8) is 0 Å². The van der Waals surface area contributed by atoms with Crippen LogP contribution in [0, 0.1) is 11.8 Å². The zero-order valence-electron chi connectivity index (χ0n) is 16.2. The molecular weight excluding hydrogens is 352 g/mol. The Morgan fingerprint density at radius 3 is 2.59 bits per heavy atom. The highest BCUT2D eigenvalue weighted by Gasteiger charge is 2.45. The van der Waals surface area contributed by atoms with Crippen LogP contribution in [0.3, 0.4) is 0 Å². The van der Waals surface area contributed by atoms with Gasteiger partial charge in [0.15, 0.2) is 0 Å². The lowest BCUT2D eigenvalue weighted by Crippen LogP contribution is -2.34. The number of carbonyl (C=O) groups excluding carboxylic acids is 1. The lowest BCUT2D eigenvalue weighted by atomic mass is 9.86. The molecule has 1 heterocycles. The van der Waals surface area contributed by atoms with Gasteiger partial charge in [-0.3, -0.25) is 4.79 Å². The third-order valence-corrected chi connectivity index (χ3v) is 4.98. The third kappa shape index (κ3) is 5.90. The predicted molar refractivity (Wildman–Crippen MR) is 98.3 cm³/mol. The third-order valence-electron chi connectivity index (χ3n) is 4.98. The molecule has 1 saturated heterocycles. The molecule has 1 aromatic carbocycles. The second-order valence-electron chi connectivity index (χ2n) is 6.78. The Kier molecular flexibility index (Phi) is 8.50. The van der Waals surface area contributed by atoms with Gasteiger partial charge in [-0.2, -0.15) is 0 Å². The molecule has 7 nitrogen and oxygen atoms in total. The number of rotatable bonds is 10. The fourth-order valence-corrected chi connectivity index (χ4v) is 3.43. The van der Waals surface area contributed by atoms with Crippen LogP contribution < -0.4 is 4.74 Å². The van der Waals surface area contributed by atoms with Gasteiger partial charge in [0, 0.05) is 5.92 Å². The molecule has 2 N–H and O–H groups in total. The molecule has 1 aliphatic rings. The largest absolute Gasteiger partial charge is 0.497 e. The van der Waals surface area contributed by atoms with Gasteiger partial charge in [0.1, 0.15) is 11.9 Å². The molecule has 0 bridgehead atoms. The normalized spacial score (nSPS) is 26.0. The lowest BCUT2D eigenvalue weighted by molar-refractivity contribution is -0.148. The summed E-state index contributed by atoms with van der Waals surface area (Å²) in [5, 5.41) is 19.3. The number of esters is 1. The van der Waals surface area contributed by atoms with Crippen molar-refractivity contribution in [2.75, 3.05) is 26.9 Å². The van der Waals surface area contributed by atoms with Crippen molar-refractivity contribution in [3.05, 3.63) is 29.8 Å². The summed E-state index contributed by atoms with van der Waals surface area (Å²) in [6.45, 7) is 4.42. The molecule has 7 heteroatoms. The minimum atomic E-state index is -0.990. The minimum Gasteiger partial charge on any atom is -0.497 e. The summed E-state index contributed by atoms with van der Waals surface area (Å²) in [6.07, 6.45) is -1.84. The van der Waals surface area contributed by atoms with Crippen molar-refractivity contribution in [3.8, 4) is 5.75 Å². The molecule has 152 valence electrons. The first-order valence-corrected chi connectivity index (χ1v) is 9.30. The average Bonchev–Trinajstić information content (AvgIpc) is 2.97. The summed E-state index contributed by atoms with van der Waals surface area (Å²) in [4.78, 5) is 11.9. The fourth-order valence-electron chi connectivity index (χ4n) is 3.43. The highest BCUT2D eigenvalue weighted by Crippen LogP contribution is 2.36. The number of hydrogen-bond acceptors (Lipinski definition) is 7. The van der Waals surface area contributed by atoms with Gasteiger partial charge in [-0.1, -0.05) is 19.1 Å². The van der Waals surface area contributed by atoms with Crippen molar-refractivity contribution in [2.24, 2.45) is 11.8 Å². The predicted octanol–water partition coefficient (Wildman–Crippen LogP) is 1.54. The molecule has 1 aliphatic heterocycles. The Labute approximate surface area is 160 Å². The van der Waals surface area contributed by atoms with E-state index in [1.807, 2.05) is 31.2 Å². The molecule has 1 aromatic rings. The first kappa shape index (κ1) is 21.6. The standard InChI is InChI=1S/C20H30O7/c1-4-26-19(23)9-18-16(13(2)20(27-18)17(22)10-21)12-25-11-14-5-7-15(24-3)8-6-14/h5-8,13,16-18,20-22H,4,9-12H2,1-3H3/t13-,16-,17-,18+,20?/m1/s1. The van der Waals surface area contributed by atoms with Crippen LogP contribution in [-0.2, 0) is 25.6 Å². The Balaban J connectivity index is 1.96. The average molecular weight is 382 g/mol. The zero-order valence-corrected chi connectivity index (χ0v) is 16.2. The van der Waals surface area contributed by atoms with Crippen molar-refractivity contribution in [1.29, 1.82) is 0 Å². The Morgan fingerprint density at radius 2 is 2.00 bits per heavy atom. The number of benzene rings is 1. The van der Waals surface area contributed by atoms with E-state index in [1.54, 1.807) is 14.0 Å². The van der Waals surface area contributed by atoms with Gasteiger partial charge in [0.05, 0.1) is 52.2 Å². The summed E-state index contributed by atoms with van der Waals surface area (Å²) < 4.78 is 21.9. The van der Waals surface area contributed by atoms with Crippen molar-refractivity contribution < 1.29 is 34.0 Å². The summed E-state index contributed by atoms with van der Waals surface area (Å²) in [7, 11) is 1.62. The van der Waals surface area contributed by atoms with Crippen LogP contribution in [0.2, 0.25) is 0 Å². The van der Waals surface area contributed by atoms with E-state index < -0.39 is 18.3 Å². The zero-order chi connectivity index (χ0) is 19.8. The van der Waals surface area contributed by atoms with Crippen LogP contribution in [0.4, 0.5) is 0 Å². The van der Waals surface area contributed by atoms with Crippen LogP contribution in [0.15, 0.2) is 24.3 Å². The van der Waals surface area contributed by atoms with Crippen molar-refractivity contribution >= 4 is 5.97 Å². The molecule has 5 atom stereocenters. The summed E-state index contributed by atoms with van der Waals surface area (Å²) in [5.74, 6) is 0.294. The Hall–Kier alpha value is -1.67. The summed E-state index contributed by atoms with van der Waals surface area (Å²) in [5.41, 5.74) is 1.01. The van der Waals surface area contributed by atoms with Crippen LogP contribution in [0.1, 0.15) is 25.8 Å². The van der Waals surface area contributed by atoms with E-state index in [-0.39, 0.29) is 30.8 Å². The maximum atomic E-state index is 11.9. The maximum Gasteiger partial charge on any atom is 0.308 e. The van der Waals surface area contributed by atoms with Gasteiger partial charge >= 0.3 is 5.97 Å². The molecule has 0 spiro atoms. The number of hydrogen-bond donors (Lipinski definition) is 2. The number of methoxy groups -OCH3 is 1. The topological polar surface area (TPSA) is 94.5 Å². The lowest BCUT2D eigenvalue weighted by Gasteiger charge is -2.22. The molecule has 0 saturated carbocycles. The second-order valence-corrected chi connectivity index (χ2v) is 6.78. The van der Waals surface area contributed by atoms with Crippen LogP contribution in [-0.4, -0.2) is 61.4 Å². The summed E-state index contributed by atoms with van der Waals surface area (Å²) >= 11 is 0. The van der Waals surface area contributed by atoms with Crippen molar-refractivity contribution in [2.45, 2.75) is 45.2 Å². The number of aliphatic hydroxyl groups excluding tert-OH is 2. The second kappa shape index (κ2) is 10.6. The van der Waals surface area contributed by atoms with E-state index in [9.17, 15) is 15.0 Å². The van der Waals surface area contributed by atoms with Gasteiger partial charge in [-0.25, -0.2) is 0 Å². The Bertz CT molecular complexity index is 574. The highest BCUT2D eigenvalue weighted by molar-refractivity contribution is 5.70. The van der Waals surface area contributed by atoms with Gasteiger partial charge in [0.2, 0.25) is 0 Å². The number of aliphatic hydroxyl groups is 2. The number of ether oxygens (including phenoxy) is 4. The smallest absolute Gasteiger partial charge is 0.308 e. The minimum absolute atomic E-state index is 0.0672. The molecular formula is C20H30O7. The molecule has 0 amide bonds. The van der Waals surface area contributed by atoms with E-state index in [0.29, 0.717) is 19.8 Å². The van der Waals surface area contributed by atoms with Crippen LogP contribution in [0.25, 0.3) is 0 Å². The van der Waals surface area contributed by atoms with E-state index in [4.69, 9.17) is 18.9 Å². The van der Waals surface area contributed by atoms with Gasteiger partial charge in [-0.05, 0) is 30.5 Å². The SMILES string of the molecule is CCOC(=O)C[C@@H]1OC([C@H](O)CO)[C@H](C)[C@H]1COCc1ccc(OC)cc1. The van der Waals surface area contributed by atoms with Crippen LogP contribution >= 0.6 is 0 Å². The first-order valence-electron chi connectivity index (χ1n) is 9.30. The fraction of sp³-hybridized carbons (Fsp3) is 0.650. The molecule has 0 aromatic heterocycles. The van der Waals surface area contributed by atoms with Gasteiger partial charge in [0.25, 0.3) is 0 Å². The monoisotopic (exact) mass is 382 g/mol. The highest BCUT2D eigenvalue weighted by atomic mass is 16.5. The van der Waals surface area contributed by atoms with E-state index in [2.05, 4.69) is 0 Å². The molecule has 0 aliphatic carbocycles. The molecule has 2 rings (SSSR count). The first-order chi connectivity index (χ1) is 13.0. The Morgan fingerprint density at radius 1 is 1.30 bits per heavy atom. The van der Waals surface area contributed by atoms with E-state index in [1.165, 1.54) is 0 Å². The number of carbonyl (C=O) groups is 1. The molecule has 1 fully saturated rings. The molecule has 1 unspecified atom stereocenters. The van der Waals surface area contributed by atoms with Crippen molar-refractivity contribution in [1.82, 2.24) is 0 Å². The quantitative estimate of drug-likeness (QED) is 0.593. The summed E-state index contributed by atoms with van der Waals surface area (Å²) in [6, 6.07) is 7.61. The maximum absolute atomic E-state index is 11.9. The van der Waals surface area contributed by atoms with E-state index >= 15 is 0 Å². The van der Waals surface area contributed by atoms with Gasteiger partial charge < -0.3 is 29.2 Å². The van der Waals surface area contributed by atoms with Gasteiger partial charge in [-0.15, -0.1) is 0 Å². The van der Waals surface area contributed by atoms with Crippen LogP contribution in [0.5, 0.6) is 5.75 Å².